The zero-order valence-electron chi connectivity index (χ0n) is 12.6. The summed E-state index contributed by atoms with van der Waals surface area (Å²) in [6.07, 6.45) is 6.21. The molecule has 1 saturated heterocycles. The molecule has 1 atom stereocenters. The maximum Gasteiger partial charge on any atom is 0.337 e. The third kappa shape index (κ3) is 3.17. The number of hydrogen-bond donors (Lipinski definition) is 1. The van der Waals surface area contributed by atoms with E-state index in [0.717, 1.165) is 30.6 Å². The van der Waals surface area contributed by atoms with Crippen LogP contribution in [0, 0.1) is 6.92 Å². The number of carboxylic acid groups (broad SMARTS) is 1. The van der Waals surface area contributed by atoms with E-state index >= 15 is 0 Å². The van der Waals surface area contributed by atoms with Crippen molar-refractivity contribution < 1.29 is 14.6 Å². The molecule has 4 nitrogen and oxygen atoms in total. The number of carbonyl (C=O) groups is 1. The third-order valence-corrected chi connectivity index (χ3v) is 4.06. The molecule has 114 valence electrons. The molecule has 0 amide bonds. The molecule has 0 aliphatic carbocycles. The topological polar surface area (TPSA) is 59.4 Å². The van der Waals surface area contributed by atoms with Gasteiger partial charge in [0, 0.05) is 19.0 Å². The lowest BCUT2D eigenvalue weighted by atomic mass is 9.96. The first-order valence-corrected chi connectivity index (χ1v) is 7.52. The molecule has 0 saturated carbocycles. The van der Waals surface area contributed by atoms with Crippen LogP contribution in [0.1, 0.15) is 51.6 Å². The number of aromatic carboxylic acids is 1. The van der Waals surface area contributed by atoms with Crippen LogP contribution in [-0.2, 0) is 11.2 Å². The second-order valence-corrected chi connectivity index (χ2v) is 5.76. The minimum atomic E-state index is -0.945. The van der Waals surface area contributed by atoms with Crippen LogP contribution in [0.4, 0.5) is 0 Å². The van der Waals surface area contributed by atoms with Gasteiger partial charge in [0.05, 0.1) is 11.7 Å². The van der Waals surface area contributed by atoms with Crippen LogP contribution in [0.15, 0.2) is 36.7 Å². The Hall–Kier alpha value is -2.20. The van der Waals surface area contributed by atoms with E-state index in [1.807, 2.05) is 0 Å². The second-order valence-electron chi connectivity index (χ2n) is 5.76. The van der Waals surface area contributed by atoms with E-state index in [0.29, 0.717) is 6.42 Å². The SMILES string of the molecule is Cc1cc(Cc2cncc(C(=O)O)c2)ccc1C1CCCO1. The van der Waals surface area contributed by atoms with Crippen molar-refractivity contribution in [3.63, 3.8) is 0 Å². The third-order valence-electron chi connectivity index (χ3n) is 4.06. The van der Waals surface area contributed by atoms with Crippen LogP contribution in [0.3, 0.4) is 0 Å². The van der Waals surface area contributed by atoms with Gasteiger partial charge in [-0.3, -0.25) is 4.98 Å². The Labute approximate surface area is 129 Å². The summed E-state index contributed by atoms with van der Waals surface area (Å²) in [6.45, 7) is 2.95. The van der Waals surface area contributed by atoms with Crippen LogP contribution < -0.4 is 0 Å². The van der Waals surface area contributed by atoms with Gasteiger partial charge < -0.3 is 9.84 Å². The van der Waals surface area contributed by atoms with Crippen molar-refractivity contribution >= 4 is 5.97 Å². The average Bonchev–Trinajstić information content (AvgIpc) is 3.01. The van der Waals surface area contributed by atoms with Crippen molar-refractivity contribution in [2.75, 3.05) is 6.61 Å². The maximum absolute atomic E-state index is 11.0. The number of rotatable bonds is 4. The highest BCUT2D eigenvalue weighted by Gasteiger charge is 2.19. The smallest absolute Gasteiger partial charge is 0.337 e. The Kier molecular flexibility index (Phi) is 4.20. The van der Waals surface area contributed by atoms with Crippen LogP contribution in [0.2, 0.25) is 0 Å². The van der Waals surface area contributed by atoms with Crippen molar-refractivity contribution in [3.8, 4) is 0 Å². The Morgan fingerprint density at radius 3 is 2.86 bits per heavy atom. The summed E-state index contributed by atoms with van der Waals surface area (Å²) < 4.78 is 5.74. The van der Waals surface area contributed by atoms with Crippen LogP contribution >= 0.6 is 0 Å². The lowest BCUT2D eigenvalue weighted by Crippen LogP contribution is -2.01. The molecule has 1 aliphatic rings. The zero-order valence-corrected chi connectivity index (χ0v) is 12.6. The average molecular weight is 297 g/mol. The van der Waals surface area contributed by atoms with Crippen molar-refractivity contribution in [1.82, 2.24) is 4.98 Å². The molecule has 1 N–H and O–H groups in total. The van der Waals surface area contributed by atoms with Crippen molar-refractivity contribution in [1.29, 1.82) is 0 Å². The second kappa shape index (κ2) is 6.28. The van der Waals surface area contributed by atoms with E-state index in [4.69, 9.17) is 9.84 Å². The summed E-state index contributed by atoms with van der Waals surface area (Å²) in [4.78, 5) is 15.0. The highest BCUT2D eigenvalue weighted by atomic mass is 16.5. The largest absolute Gasteiger partial charge is 0.478 e. The highest BCUT2D eigenvalue weighted by molar-refractivity contribution is 5.87. The standard InChI is InChI=1S/C18H19NO3/c1-12-7-13(4-5-16(12)17-3-2-6-22-17)8-14-9-15(18(20)21)11-19-10-14/h4-5,7,9-11,17H,2-3,6,8H2,1H3,(H,20,21). The highest BCUT2D eigenvalue weighted by Crippen LogP contribution is 2.31. The van der Waals surface area contributed by atoms with Gasteiger partial charge in [-0.1, -0.05) is 18.2 Å². The predicted octanol–water partition coefficient (Wildman–Crippen LogP) is 3.53. The number of benzene rings is 1. The molecule has 1 unspecified atom stereocenters. The molecule has 2 aromatic rings. The van der Waals surface area contributed by atoms with Gasteiger partial charge in [-0.2, -0.15) is 0 Å². The van der Waals surface area contributed by atoms with E-state index in [-0.39, 0.29) is 11.7 Å². The fraction of sp³-hybridized carbons (Fsp3) is 0.333. The van der Waals surface area contributed by atoms with Crippen molar-refractivity contribution in [2.45, 2.75) is 32.3 Å². The minimum Gasteiger partial charge on any atom is -0.478 e. The first kappa shape index (κ1) is 14.7. The molecular formula is C18H19NO3. The molecule has 0 bridgehead atoms. The summed E-state index contributed by atoms with van der Waals surface area (Å²) in [7, 11) is 0. The normalized spacial score (nSPS) is 17.6. The van der Waals surface area contributed by atoms with Gasteiger partial charge in [-0.25, -0.2) is 4.79 Å². The van der Waals surface area contributed by atoms with Crippen LogP contribution in [0.25, 0.3) is 0 Å². The van der Waals surface area contributed by atoms with Gasteiger partial charge >= 0.3 is 5.97 Å². The molecule has 1 aliphatic heterocycles. The lowest BCUT2D eigenvalue weighted by Gasteiger charge is -2.14. The molecule has 1 aromatic carbocycles. The van der Waals surface area contributed by atoms with E-state index < -0.39 is 5.97 Å². The number of pyridine rings is 1. The van der Waals surface area contributed by atoms with E-state index in [1.165, 1.54) is 17.3 Å². The monoisotopic (exact) mass is 297 g/mol. The van der Waals surface area contributed by atoms with Gasteiger partial charge in [0.15, 0.2) is 0 Å². The van der Waals surface area contributed by atoms with Crippen LogP contribution in [0.5, 0.6) is 0 Å². The molecule has 4 heteroatoms. The Morgan fingerprint density at radius 2 is 2.18 bits per heavy atom. The zero-order chi connectivity index (χ0) is 15.5. The molecule has 2 heterocycles. The van der Waals surface area contributed by atoms with E-state index in [1.54, 1.807) is 12.3 Å². The predicted molar refractivity (Wildman–Crippen MR) is 83.1 cm³/mol. The number of ether oxygens (including phenoxy) is 1. The molecule has 3 rings (SSSR count). The lowest BCUT2D eigenvalue weighted by molar-refractivity contribution is 0.0696. The van der Waals surface area contributed by atoms with Gasteiger partial charge in [-0.15, -0.1) is 0 Å². The molecule has 22 heavy (non-hydrogen) atoms. The molecule has 1 aromatic heterocycles. The molecule has 0 radical (unpaired) electrons. The maximum atomic E-state index is 11.0. The summed E-state index contributed by atoms with van der Waals surface area (Å²) in [5.41, 5.74) is 4.78. The number of aryl methyl sites for hydroxylation is 1. The Balaban J connectivity index is 1.79. The minimum absolute atomic E-state index is 0.227. The first-order valence-electron chi connectivity index (χ1n) is 7.52. The summed E-state index contributed by atoms with van der Waals surface area (Å²) in [5.74, 6) is -0.945. The first-order chi connectivity index (χ1) is 10.6. The quantitative estimate of drug-likeness (QED) is 0.938. The molecule has 1 fully saturated rings. The van der Waals surface area contributed by atoms with Crippen molar-refractivity contribution in [3.05, 3.63) is 64.5 Å². The Morgan fingerprint density at radius 1 is 1.32 bits per heavy atom. The number of hydrogen-bond acceptors (Lipinski definition) is 3. The number of nitrogens with zero attached hydrogens (tertiary/aromatic N) is 1. The summed E-state index contributed by atoms with van der Waals surface area (Å²) >= 11 is 0. The van der Waals surface area contributed by atoms with Gasteiger partial charge in [0.2, 0.25) is 0 Å². The summed E-state index contributed by atoms with van der Waals surface area (Å²) in [6, 6.07) is 8.07. The number of aromatic nitrogens is 1. The van der Waals surface area contributed by atoms with Gasteiger partial charge in [0.1, 0.15) is 0 Å². The fourth-order valence-corrected chi connectivity index (χ4v) is 2.97. The van der Waals surface area contributed by atoms with Crippen molar-refractivity contribution in [2.24, 2.45) is 0 Å². The van der Waals surface area contributed by atoms with E-state index in [9.17, 15) is 4.79 Å². The van der Waals surface area contributed by atoms with Gasteiger partial charge in [-0.05, 0) is 54.5 Å². The summed E-state index contributed by atoms with van der Waals surface area (Å²) in [5, 5.41) is 9.02. The molecular weight excluding hydrogens is 278 g/mol. The Bertz CT molecular complexity index is 690. The van der Waals surface area contributed by atoms with E-state index in [2.05, 4.69) is 30.1 Å². The molecule has 0 spiro atoms. The number of carboxylic acids is 1. The van der Waals surface area contributed by atoms with Crippen LogP contribution in [-0.4, -0.2) is 22.7 Å². The fourth-order valence-electron chi connectivity index (χ4n) is 2.97. The van der Waals surface area contributed by atoms with Gasteiger partial charge in [0.25, 0.3) is 0 Å².